The van der Waals surface area contributed by atoms with E-state index < -0.39 is 18.0 Å². The molecule has 0 saturated carbocycles. The van der Waals surface area contributed by atoms with Crippen LogP contribution in [0.1, 0.15) is 11.6 Å². The van der Waals surface area contributed by atoms with Gasteiger partial charge in [0.1, 0.15) is 6.04 Å². The fraction of sp³-hybridized carbons (Fsp3) is 0.538. The molecule has 0 aliphatic carbocycles. The van der Waals surface area contributed by atoms with Crippen molar-refractivity contribution >= 4 is 15.9 Å². The number of rotatable bonds is 3. The van der Waals surface area contributed by atoms with Gasteiger partial charge < -0.3 is 15.2 Å². The zero-order valence-corrected chi connectivity index (χ0v) is 13.0. The number of benzene rings is 1. The Morgan fingerprint density at radius 3 is 2.48 bits per heavy atom. The zero-order chi connectivity index (χ0) is 15.6. The van der Waals surface area contributed by atoms with Crippen molar-refractivity contribution in [2.24, 2.45) is 0 Å². The number of halogens is 4. The minimum absolute atomic E-state index is 0.0255. The Bertz CT molecular complexity index is 505. The molecule has 0 bridgehead atoms. The van der Waals surface area contributed by atoms with Crippen LogP contribution in [0.2, 0.25) is 0 Å². The van der Waals surface area contributed by atoms with Crippen LogP contribution in [0, 0.1) is 0 Å². The number of hydrogen-bond acceptors (Lipinski definition) is 4. The first-order chi connectivity index (χ1) is 9.86. The van der Waals surface area contributed by atoms with Gasteiger partial charge >= 0.3 is 6.18 Å². The molecule has 0 unspecified atom stereocenters. The first-order valence-electron chi connectivity index (χ1n) is 6.43. The molecule has 1 aromatic carbocycles. The smallest absolute Gasteiger partial charge is 0.408 e. The highest BCUT2D eigenvalue weighted by Crippen LogP contribution is 2.47. The molecule has 118 valence electrons. The number of ether oxygens (including phenoxy) is 1. The number of aromatic hydroxyl groups is 1. The third-order valence-electron chi connectivity index (χ3n) is 3.45. The van der Waals surface area contributed by atoms with E-state index in [1.807, 2.05) is 0 Å². The highest BCUT2D eigenvalue weighted by atomic mass is 79.9. The minimum Gasteiger partial charge on any atom is -0.504 e. The number of alkyl halides is 3. The van der Waals surface area contributed by atoms with E-state index in [-0.39, 0.29) is 28.9 Å². The number of hydrogen-bond donors (Lipinski definition) is 2. The quantitative estimate of drug-likeness (QED) is 0.860. The van der Waals surface area contributed by atoms with Crippen molar-refractivity contribution in [2.45, 2.75) is 12.2 Å². The summed E-state index contributed by atoms with van der Waals surface area (Å²) in [5, 5.41) is 13.2. The van der Waals surface area contributed by atoms with Crippen LogP contribution in [0.5, 0.6) is 11.5 Å². The highest BCUT2D eigenvalue weighted by molar-refractivity contribution is 9.10. The number of methoxy groups -OCH3 is 1. The Balaban J connectivity index is 2.51. The number of phenolic OH excluding ortho intramolecular Hbond substituents is 1. The summed E-state index contributed by atoms with van der Waals surface area (Å²) in [4.78, 5) is 1.32. The molecule has 0 amide bonds. The maximum Gasteiger partial charge on any atom is 0.408 e. The van der Waals surface area contributed by atoms with Gasteiger partial charge in [0.2, 0.25) is 0 Å². The average molecular weight is 369 g/mol. The number of nitrogens with one attached hydrogen (secondary N) is 1. The van der Waals surface area contributed by atoms with Crippen LogP contribution in [0.4, 0.5) is 13.2 Å². The van der Waals surface area contributed by atoms with Crippen molar-refractivity contribution in [3.05, 3.63) is 22.2 Å². The van der Waals surface area contributed by atoms with Crippen LogP contribution >= 0.6 is 15.9 Å². The molecular formula is C13H16BrF3N2O2. The second-order valence-corrected chi connectivity index (χ2v) is 5.60. The van der Waals surface area contributed by atoms with Crippen LogP contribution in [-0.4, -0.2) is 49.5 Å². The molecule has 0 spiro atoms. The molecule has 2 rings (SSSR count). The van der Waals surface area contributed by atoms with Crippen LogP contribution in [0.3, 0.4) is 0 Å². The lowest BCUT2D eigenvalue weighted by Crippen LogP contribution is -2.49. The van der Waals surface area contributed by atoms with Crippen LogP contribution in [0.25, 0.3) is 0 Å². The van der Waals surface area contributed by atoms with Crippen molar-refractivity contribution < 1.29 is 23.0 Å². The Kier molecular flexibility index (Phi) is 5.00. The van der Waals surface area contributed by atoms with Crippen molar-refractivity contribution in [1.29, 1.82) is 0 Å². The lowest BCUT2D eigenvalue weighted by Gasteiger charge is -2.36. The molecule has 1 aliphatic rings. The van der Waals surface area contributed by atoms with Gasteiger partial charge in [-0.3, -0.25) is 4.90 Å². The van der Waals surface area contributed by atoms with E-state index in [2.05, 4.69) is 21.2 Å². The highest BCUT2D eigenvalue weighted by Gasteiger charge is 2.47. The van der Waals surface area contributed by atoms with E-state index in [1.165, 1.54) is 24.1 Å². The molecule has 1 fully saturated rings. The monoisotopic (exact) mass is 368 g/mol. The van der Waals surface area contributed by atoms with E-state index in [1.54, 1.807) is 0 Å². The van der Waals surface area contributed by atoms with Gasteiger partial charge in [0.15, 0.2) is 11.5 Å². The lowest BCUT2D eigenvalue weighted by atomic mass is 10.0. The molecular weight excluding hydrogens is 353 g/mol. The standard InChI is InChI=1S/C13H16BrF3N2O2/c1-21-9-3-2-8(14)10(11(9)20)12(13(15,16)17)19-6-4-18-5-7-19/h2-3,12,18,20H,4-7H2,1H3/t12-/m1/s1. The third-order valence-corrected chi connectivity index (χ3v) is 4.14. The Labute approximate surface area is 129 Å². The maximum absolute atomic E-state index is 13.6. The van der Waals surface area contributed by atoms with Gasteiger partial charge in [-0.25, -0.2) is 0 Å². The summed E-state index contributed by atoms with van der Waals surface area (Å²) in [6.45, 7) is 1.48. The van der Waals surface area contributed by atoms with Gasteiger partial charge in [-0.05, 0) is 12.1 Å². The van der Waals surface area contributed by atoms with Crippen LogP contribution in [-0.2, 0) is 0 Å². The van der Waals surface area contributed by atoms with Gasteiger partial charge in [-0.15, -0.1) is 0 Å². The Hall–Kier alpha value is -0.990. The Morgan fingerprint density at radius 2 is 1.95 bits per heavy atom. The number of nitrogens with zero attached hydrogens (tertiary/aromatic N) is 1. The topological polar surface area (TPSA) is 44.7 Å². The molecule has 21 heavy (non-hydrogen) atoms. The normalized spacial score (nSPS) is 18.5. The fourth-order valence-corrected chi connectivity index (χ4v) is 3.02. The van der Waals surface area contributed by atoms with Crippen LogP contribution < -0.4 is 10.1 Å². The summed E-state index contributed by atoms with van der Waals surface area (Å²) in [5.74, 6) is -0.453. The molecule has 2 N–H and O–H groups in total. The predicted molar refractivity (Wildman–Crippen MR) is 75.6 cm³/mol. The molecule has 1 heterocycles. The lowest BCUT2D eigenvalue weighted by molar-refractivity contribution is -0.188. The Morgan fingerprint density at radius 1 is 1.33 bits per heavy atom. The van der Waals surface area contributed by atoms with Crippen molar-refractivity contribution in [1.82, 2.24) is 10.2 Å². The second kappa shape index (κ2) is 6.41. The molecule has 1 aromatic rings. The molecule has 1 saturated heterocycles. The first kappa shape index (κ1) is 16.4. The fourth-order valence-electron chi connectivity index (χ4n) is 2.48. The summed E-state index contributed by atoms with van der Waals surface area (Å²) in [6, 6.07) is 1.01. The van der Waals surface area contributed by atoms with E-state index in [0.717, 1.165) is 0 Å². The number of piperazine rings is 1. The van der Waals surface area contributed by atoms with Crippen LogP contribution in [0.15, 0.2) is 16.6 Å². The maximum atomic E-state index is 13.6. The molecule has 1 atom stereocenters. The molecule has 4 nitrogen and oxygen atoms in total. The van der Waals surface area contributed by atoms with Gasteiger partial charge in [0, 0.05) is 36.2 Å². The average Bonchev–Trinajstić information content (AvgIpc) is 2.43. The predicted octanol–water partition coefficient (Wildman–Crippen LogP) is 2.67. The van der Waals surface area contributed by atoms with E-state index in [4.69, 9.17) is 4.74 Å². The van der Waals surface area contributed by atoms with E-state index >= 15 is 0 Å². The molecule has 1 aliphatic heterocycles. The largest absolute Gasteiger partial charge is 0.504 e. The van der Waals surface area contributed by atoms with Crippen molar-refractivity contribution in [3.63, 3.8) is 0 Å². The summed E-state index contributed by atoms with van der Waals surface area (Å²) in [5.41, 5.74) is -0.205. The molecule has 0 radical (unpaired) electrons. The summed E-state index contributed by atoms with van der Waals surface area (Å²) < 4.78 is 45.8. The minimum atomic E-state index is -4.50. The van der Waals surface area contributed by atoms with Gasteiger partial charge in [-0.1, -0.05) is 15.9 Å². The summed E-state index contributed by atoms with van der Waals surface area (Å²) >= 11 is 3.11. The van der Waals surface area contributed by atoms with Gasteiger partial charge in [0.25, 0.3) is 0 Å². The second-order valence-electron chi connectivity index (χ2n) is 4.74. The molecule has 0 aromatic heterocycles. The summed E-state index contributed by atoms with van der Waals surface area (Å²) in [6.07, 6.45) is -4.50. The van der Waals surface area contributed by atoms with Gasteiger partial charge in [0.05, 0.1) is 7.11 Å². The van der Waals surface area contributed by atoms with E-state index in [9.17, 15) is 18.3 Å². The SMILES string of the molecule is COc1ccc(Br)c([C@@H](N2CCNCC2)C(F)(F)F)c1O. The number of phenols is 1. The first-order valence-corrected chi connectivity index (χ1v) is 7.22. The van der Waals surface area contributed by atoms with Gasteiger partial charge in [-0.2, -0.15) is 13.2 Å². The van der Waals surface area contributed by atoms with Crippen molar-refractivity contribution in [3.8, 4) is 11.5 Å². The zero-order valence-electron chi connectivity index (χ0n) is 11.4. The van der Waals surface area contributed by atoms with E-state index in [0.29, 0.717) is 13.1 Å². The van der Waals surface area contributed by atoms with Crippen molar-refractivity contribution in [2.75, 3.05) is 33.3 Å². The summed E-state index contributed by atoms with van der Waals surface area (Å²) in [7, 11) is 1.31. The molecule has 8 heteroatoms. The third kappa shape index (κ3) is 3.44.